The van der Waals surface area contributed by atoms with Gasteiger partial charge in [-0.05, 0) is 42.7 Å². The van der Waals surface area contributed by atoms with Crippen molar-refractivity contribution in [2.45, 2.75) is 19.4 Å². The van der Waals surface area contributed by atoms with Gasteiger partial charge in [0.2, 0.25) is 5.91 Å². The van der Waals surface area contributed by atoms with Gasteiger partial charge in [0.25, 0.3) is 0 Å². The van der Waals surface area contributed by atoms with Crippen molar-refractivity contribution >= 4 is 17.6 Å². The van der Waals surface area contributed by atoms with Crippen LogP contribution >= 0.6 is 0 Å². The highest BCUT2D eigenvalue weighted by molar-refractivity contribution is 5.90. The fourth-order valence-corrected chi connectivity index (χ4v) is 3.60. The number of anilines is 1. The van der Waals surface area contributed by atoms with Crippen molar-refractivity contribution in [1.82, 2.24) is 9.80 Å². The molecule has 1 fully saturated rings. The zero-order valence-corrected chi connectivity index (χ0v) is 17.4. The normalized spacial score (nSPS) is 15.9. The van der Waals surface area contributed by atoms with Crippen molar-refractivity contribution in [3.05, 3.63) is 72.8 Å². The van der Waals surface area contributed by atoms with Crippen molar-refractivity contribution in [1.29, 1.82) is 0 Å². The summed E-state index contributed by atoms with van der Waals surface area (Å²) in [4.78, 5) is 29.0. The largest absolute Gasteiger partial charge is 0.490 e. The first-order valence-corrected chi connectivity index (χ1v) is 10.3. The topological polar surface area (TPSA) is 61.9 Å². The minimum Gasteiger partial charge on any atom is -0.490 e. The highest BCUT2D eigenvalue weighted by Gasteiger charge is 2.30. The van der Waals surface area contributed by atoms with E-state index in [2.05, 4.69) is 11.9 Å². The number of urea groups is 1. The van der Waals surface area contributed by atoms with Crippen LogP contribution in [0.5, 0.6) is 5.75 Å². The van der Waals surface area contributed by atoms with Crippen LogP contribution in [0.4, 0.5) is 10.5 Å². The third-order valence-corrected chi connectivity index (χ3v) is 5.17. The predicted octanol–water partition coefficient (Wildman–Crippen LogP) is 4.15. The van der Waals surface area contributed by atoms with E-state index in [1.807, 2.05) is 61.6 Å². The van der Waals surface area contributed by atoms with Crippen LogP contribution in [-0.4, -0.2) is 48.5 Å². The number of carbonyl (C=O) groups is 2. The van der Waals surface area contributed by atoms with Gasteiger partial charge in [-0.1, -0.05) is 43.0 Å². The average molecular weight is 408 g/mol. The number of rotatable bonds is 7. The SMILES string of the molecule is C=CCOc1ccc(CN(C)C(=O)[C@@H]2CCCN(C(=O)Nc3ccccc3)C2)cc1. The Hall–Kier alpha value is -3.28. The fourth-order valence-electron chi connectivity index (χ4n) is 3.60. The molecule has 6 nitrogen and oxygen atoms in total. The van der Waals surface area contributed by atoms with Gasteiger partial charge in [-0.3, -0.25) is 4.79 Å². The third kappa shape index (κ3) is 5.86. The molecule has 0 aliphatic carbocycles. The molecule has 3 rings (SSSR count). The van der Waals surface area contributed by atoms with Crippen LogP contribution in [0, 0.1) is 5.92 Å². The highest BCUT2D eigenvalue weighted by atomic mass is 16.5. The van der Waals surface area contributed by atoms with Gasteiger partial charge in [-0.15, -0.1) is 0 Å². The minimum atomic E-state index is -0.180. The maximum Gasteiger partial charge on any atom is 0.321 e. The number of piperidine rings is 1. The minimum absolute atomic E-state index is 0.0687. The molecule has 1 aliphatic rings. The molecule has 1 saturated heterocycles. The number of amides is 3. The van der Waals surface area contributed by atoms with Crippen LogP contribution in [0.25, 0.3) is 0 Å². The summed E-state index contributed by atoms with van der Waals surface area (Å²) in [5, 5.41) is 2.90. The van der Waals surface area contributed by atoms with Crippen LogP contribution < -0.4 is 10.1 Å². The second-order valence-corrected chi connectivity index (χ2v) is 7.52. The number of benzene rings is 2. The molecule has 30 heavy (non-hydrogen) atoms. The molecule has 0 radical (unpaired) electrons. The van der Waals surface area contributed by atoms with Crippen molar-refractivity contribution in [3.63, 3.8) is 0 Å². The van der Waals surface area contributed by atoms with Crippen LogP contribution in [0.2, 0.25) is 0 Å². The highest BCUT2D eigenvalue weighted by Crippen LogP contribution is 2.21. The monoisotopic (exact) mass is 407 g/mol. The lowest BCUT2D eigenvalue weighted by Crippen LogP contribution is -2.47. The summed E-state index contributed by atoms with van der Waals surface area (Å²) >= 11 is 0. The summed E-state index contributed by atoms with van der Waals surface area (Å²) in [5.41, 5.74) is 1.79. The fraction of sp³-hybridized carbons (Fsp3) is 0.333. The first-order valence-electron chi connectivity index (χ1n) is 10.3. The van der Waals surface area contributed by atoms with Gasteiger partial charge in [0.05, 0.1) is 5.92 Å². The molecule has 2 aromatic rings. The van der Waals surface area contributed by atoms with Gasteiger partial charge in [0, 0.05) is 32.4 Å². The van der Waals surface area contributed by atoms with E-state index in [4.69, 9.17) is 4.74 Å². The lowest BCUT2D eigenvalue weighted by molar-refractivity contribution is -0.136. The van der Waals surface area contributed by atoms with Gasteiger partial charge < -0.3 is 19.9 Å². The van der Waals surface area contributed by atoms with E-state index in [1.54, 1.807) is 15.9 Å². The van der Waals surface area contributed by atoms with Gasteiger partial charge in [-0.2, -0.15) is 0 Å². The van der Waals surface area contributed by atoms with E-state index in [0.29, 0.717) is 26.2 Å². The Labute approximate surface area is 178 Å². The smallest absolute Gasteiger partial charge is 0.321 e. The molecule has 0 spiro atoms. The Morgan fingerprint density at radius 2 is 1.93 bits per heavy atom. The summed E-state index contributed by atoms with van der Waals surface area (Å²) in [5.74, 6) is 0.666. The number of carbonyl (C=O) groups excluding carboxylic acids is 2. The summed E-state index contributed by atoms with van der Waals surface area (Å²) in [6.45, 7) is 5.73. The van der Waals surface area contributed by atoms with Crippen LogP contribution in [0.3, 0.4) is 0 Å². The predicted molar refractivity (Wildman–Crippen MR) is 118 cm³/mol. The molecule has 158 valence electrons. The zero-order valence-electron chi connectivity index (χ0n) is 17.4. The van der Waals surface area contributed by atoms with Gasteiger partial charge >= 0.3 is 6.03 Å². The summed E-state index contributed by atoms with van der Waals surface area (Å²) < 4.78 is 5.49. The molecular weight excluding hydrogens is 378 g/mol. The summed E-state index contributed by atoms with van der Waals surface area (Å²) in [6, 6.07) is 16.9. The first kappa shape index (κ1) is 21.4. The Bertz CT molecular complexity index is 852. The maximum atomic E-state index is 13.0. The molecule has 6 heteroatoms. The standard InChI is InChI=1S/C24H29N3O3/c1-3-16-30-22-13-11-19(12-14-22)17-26(2)23(28)20-8-7-15-27(18-20)24(29)25-21-9-5-4-6-10-21/h3-6,9-14,20H,1,7-8,15-18H2,2H3,(H,25,29)/t20-/m1/s1. The number of likely N-dealkylation sites (tertiary alicyclic amines) is 1. The number of hydrogen-bond acceptors (Lipinski definition) is 3. The quantitative estimate of drug-likeness (QED) is 0.701. The molecule has 1 heterocycles. The molecule has 0 saturated carbocycles. The van der Waals surface area contributed by atoms with E-state index < -0.39 is 0 Å². The number of para-hydroxylation sites is 1. The molecule has 0 aromatic heterocycles. The van der Waals surface area contributed by atoms with Crippen LogP contribution in [0.1, 0.15) is 18.4 Å². The summed E-state index contributed by atoms with van der Waals surface area (Å²) in [7, 11) is 1.81. The Morgan fingerprint density at radius 3 is 2.63 bits per heavy atom. The summed E-state index contributed by atoms with van der Waals surface area (Å²) in [6.07, 6.45) is 3.32. The van der Waals surface area contributed by atoms with Gasteiger partial charge in [-0.25, -0.2) is 4.79 Å². The molecule has 0 unspecified atom stereocenters. The third-order valence-electron chi connectivity index (χ3n) is 5.17. The Balaban J connectivity index is 1.53. The molecule has 0 bridgehead atoms. The molecular formula is C24H29N3O3. The molecule has 2 aromatic carbocycles. The van der Waals surface area contributed by atoms with Gasteiger partial charge in [0.15, 0.2) is 0 Å². The Morgan fingerprint density at radius 1 is 1.20 bits per heavy atom. The van der Waals surface area contributed by atoms with E-state index in [1.165, 1.54) is 0 Å². The van der Waals surface area contributed by atoms with E-state index in [0.717, 1.165) is 29.8 Å². The van der Waals surface area contributed by atoms with Crippen molar-refractivity contribution in [3.8, 4) is 5.75 Å². The Kier molecular flexibility index (Phi) is 7.49. The van der Waals surface area contributed by atoms with E-state index in [-0.39, 0.29) is 17.9 Å². The van der Waals surface area contributed by atoms with Gasteiger partial charge in [0.1, 0.15) is 12.4 Å². The number of ether oxygens (including phenoxy) is 1. The van der Waals surface area contributed by atoms with Crippen LogP contribution in [-0.2, 0) is 11.3 Å². The molecule has 1 atom stereocenters. The second-order valence-electron chi connectivity index (χ2n) is 7.52. The first-order chi connectivity index (χ1) is 14.6. The van der Waals surface area contributed by atoms with Crippen molar-refractivity contribution in [2.75, 3.05) is 32.1 Å². The van der Waals surface area contributed by atoms with E-state index >= 15 is 0 Å². The lowest BCUT2D eigenvalue weighted by Gasteiger charge is -2.34. The number of nitrogens with one attached hydrogen (secondary N) is 1. The van der Waals surface area contributed by atoms with Crippen molar-refractivity contribution in [2.24, 2.45) is 5.92 Å². The maximum absolute atomic E-state index is 13.0. The average Bonchev–Trinajstić information content (AvgIpc) is 2.79. The van der Waals surface area contributed by atoms with Crippen LogP contribution in [0.15, 0.2) is 67.3 Å². The van der Waals surface area contributed by atoms with E-state index in [9.17, 15) is 9.59 Å². The number of hydrogen-bond donors (Lipinski definition) is 1. The second kappa shape index (κ2) is 10.5. The number of nitrogens with zero attached hydrogens (tertiary/aromatic N) is 2. The van der Waals surface area contributed by atoms with Crippen molar-refractivity contribution < 1.29 is 14.3 Å². The lowest BCUT2D eigenvalue weighted by atomic mass is 9.96. The zero-order chi connectivity index (χ0) is 21.3. The molecule has 1 N–H and O–H groups in total. The molecule has 1 aliphatic heterocycles. The molecule has 3 amide bonds.